The van der Waals surface area contributed by atoms with Crippen molar-refractivity contribution in [2.24, 2.45) is 0 Å². The van der Waals surface area contributed by atoms with E-state index in [9.17, 15) is 5.11 Å². The summed E-state index contributed by atoms with van der Waals surface area (Å²) in [6, 6.07) is 0.718. The van der Waals surface area contributed by atoms with Gasteiger partial charge in [0.15, 0.2) is 8.32 Å². The maximum atomic E-state index is 9.51. The maximum absolute atomic E-state index is 9.51. The van der Waals surface area contributed by atoms with Gasteiger partial charge in [-0.1, -0.05) is 0 Å². The summed E-state index contributed by atoms with van der Waals surface area (Å²) in [5.41, 5.74) is 0. The molecule has 0 aromatic carbocycles. The van der Waals surface area contributed by atoms with Crippen molar-refractivity contribution in [2.45, 2.75) is 37.8 Å². The Kier molecular flexibility index (Phi) is 6.95. The van der Waals surface area contributed by atoms with Gasteiger partial charge in [0.05, 0.1) is 12.7 Å². The Morgan fingerprint density at radius 2 is 1.75 bits per heavy atom. The Labute approximate surface area is 99.4 Å². The molecule has 98 valence electrons. The fourth-order valence-electron chi connectivity index (χ4n) is 1.57. The Morgan fingerprint density at radius 1 is 1.19 bits per heavy atom. The highest BCUT2D eigenvalue weighted by atomic mass is 28.4. The van der Waals surface area contributed by atoms with Gasteiger partial charge in [-0.25, -0.2) is 0 Å². The molecule has 3 N–H and O–H groups in total. The Balaban J connectivity index is 4.70. The highest BCUT2D eigenvalue weighted by molar-refractivity contribution is 6.82. The van der Waals surface area contributed by atoms with Crippen molar-refractivity contribution in [1.29, 1.82) is 0 Å². The molecule has 5 nitrogen and oxygen atoms in total. The third kappa shape index (κ3) is 6.09. The number of rotatable bonds is 8. The first-order valence-corrected chi connectivity index (χ1v) is 11.1. The first-order valence-electron chi connectivity index (χ1n) is 5.43. The van der Waals surface area contributed by atoms with Crippen LogP contribution in [0.3, 0.4) is 0 Å². The summed E-state index contributed by atoms with van der Waals surface area (Å²) < 4.78 is 11.5. The summed E-state index contributed by atoms with van der Waals surface area (Å²) in [6.07, 6.45) is -0.838. The molecule has 16 heavy (non-hydrogen) atoms. The van der Waals surface area contributed by atoms with Crippen LogP contribution in [0.2, 0.25) is 31.7 Å². The lowest BCUT2D eigenvalue weighted by Gasteiger charge is -2.36. The zero-order chi connectivity index (χ0) is 12.8. The topological polar surface area (TPSA) is 79.2 Å². The minimum Gasteiger partial charge on any atom is -0.436 e. The van der Waals surface area contributed by atoms with Crippen LogP contribution < -0.4 is 0 Å². The summed E-state index contributed by atoms with van der Waals surface area (Å²) in [7, 11) is -2.84. The van der Waals surface area contributed by atoms with Crippen LogP contribution in [0.4, 0.5) is 0 Å². The van der Waals surface area contributed by atoms with Crippen LogP contribution in [0.25, 0.3) is 0 Å². The highest BCUT2D eigenvalue weighted by Gasteiger charge is 2.41. The molecule has 0 aromatic heterocycles. The molecule has 2 unspecified atom stereocenters. The van der Waals surface area contributed by atoms with Crippen molar-refractivity contribution < 1.29 is 23.9 Å². The Morgan fingerprint density at radius 3 is 2.06 bits per heavy atom. The molecule has 0 radical (unpaired) electrons. The molecule has 2 atom stereocenters. The van der Waals surface area contributed by atoms with E-state index in [0.717, 1.165) is 0 Å². The van der Waals surface area contributed by atoms with Gasteiger partial charge in [0, 0.05) is 25.8 Å². The first kappa shape index (κ1) is 16.2. The quantitative estimate of drug-likeness (QED) is 0.551. The van der Waals surface area contributed by atoms with E-state index in [4.69, 9.17) is 18.8 Å². The maximum Gasteiger partial charge on any atom is 0.332 e. The molecule has 0 saturated heterocycles. The van der Waals surface area contributed by atoms with Gasteiger partial charge in [-0.05, 0) is 19.6 Å². The third-order valence-electron chi connectivity index (χ3n) is 2.11. The van der Waals surface area contributed by atoms with Crippen molar-refractivity contribution >= 4 is 16.9 Å². The van der Waals surface area contributed by atoms with Crippen LogP contribution in [0, 0.1) is 0 Å². The first-order chi connectivity index (χ1) is 7.28. The fraction of sp³-hybridized carbons (Fsp3) is 1.00. The molecule has 0 spiro atoms. The number of aliphatic hydroxyl groups excluding tert-OH is 3. The Bertz CT molecular complexity index is 197. The van der Waals surface area contributed by atoms with Gasteiger partial charge in [-0.15, -0.1) is 0 Å². The molecule has 0 fully saturated rings. The summed E-state index contributed by atoms with van der Waals surface area (Å²) in [4.78, 5) is 0. The van der Waals surface area contributed by atoms with E-state index >= 15 is 0 Å². The largest absolute Gasteiger partial charge is 0.436 e. The number of aliphatic hydroxyl groups is 3. The van der Waals surface area contributed by atoms with Gasteiger partial charge in [-0.2, -0.15) is 0 Å². The molecule has 0 heterocycles. The molecular weight excluding hydrogens is 244 g/mol. The van der Waals surface area contributed by atoms with Gasteiger partial charge in [-0.3, -0.25) is 0 Å². The Hall–Kier alpha value is 0.234. The summed E-state index contributed by atoms with van der Waals surface area (Å²) >= 11 is 0. The van der Waals surface area contributed by atoms with Crippen molar-refractivity contribution in [3.8, 4) is 0 Å². The molecular formula is C9H24O5Si2. The second-order valence-corrected chi connectivity index (χ2v) is 13.0. The summed E-state index contributed by atoms with van der Waals surface area (Å²) in [5, 5.41) is 27.4. The van der Waals surface area contributed by atoms with Crippen LogP contribution in [0.15, 0.2) is 0 Å². The lowest BCUT2D eigenvalue weighted by molar-refractivity contribution is 0.0993. The van der Waals surface area contributed by atoms with E-state index < -0.39 is 23.0 Å². The van der Waals surface area contributed by atoms with Gasteiger partial charge in [0.2, 0.25) is 0 Å². The van der Waals surface area contributed by atoms with E-state index in [1.54, 1.807) is 7.11 Å². The standard InChI is InChI=1S/C9H24O5Si2/c1-13-16(6-5-10,8-9(12)7-11)14-15(2,3)4/h9-12H,5-8H2,1-4H3. The lowest BCUT2D eigenvalue weighted by atomic mass is 10.4. The second kappa shape index (κ2) is 6.85. The van der Waals surface area contributed by atoms with E-state index in [0.29, 0.717) is 12.1 Å². The number of hydrogen-bond acceptors (Lipinski definition) is 5. The van der Waals surface area contributed by atoms with Gasteiger partial charge in [0.25, 0.3) is 0 Å². The highest BCUT2D eigenvalue weighted by Crippen LogP contribution is 2.24. The van der Waals surface area contributed by atoms with Crippen LogP contribution in [0.5, 0.6) is 0 Å². The minimum atomic E-state index is -2.59. The number of hydrogen-bond donors (Lipinski definition) is 3. The van der Waals surface area contributed by atoms with Crippen LogP contribution in [-0.2, 0) is 8.54 Å². The molecule has 0 saturated carbocycles. The molecule has 0 rings (SSSR count). The van der Waals surface area contributed by atoms with Gasteiger partial charge in [0.1, 0.15) is 0 Å². The molecule has 0 aliphatic heterocycles. The minimum absolute atomic E-state index is 0.0251. The van der Waals surface area contributed by atoms with Crippen molar-refractivity contribution in [3.63, 3.8) is 0 Å². The van der Waals surface area contributed by atoms with Gasteiger partial charge >= 0.3 is 8.56 Å². The fourth-order valence-corrected chi connectivity index (χ4v) is 8.88. The van der Waals surface area contributed by atoms with Crippen molar-refractivity contribution in [3.05, 3.63) is 0 Å². The predicted molar refractivity (Wildman–Crippen MR) is 67.0 cm³/mol. The van der Waals surface area contributed by atoms with E-state index in [2.05, 4.69) is 0 Å². The smallest absolute Gasteiger partial charge is 0.332 e. The third-order valence-corrected chi connectivity index (χ3v) is 8.87. The second-order valence-electron chi connectivity index (χ2n) is 4.84. The molecule has 7 heteroatoms. The molecule has 0 amide bonds. The van der Waals surface area contributed by atoms with Crippen LogP contribution in [-0.4, -0.2) is 58.6 Å². The van der Waals surface area contributed by atoms with E-state index in [1.165, 1.54) is 0 Å². The molecule has 0 aliphatic rings. The average Bonchev–Trinajstić information content (AvgIpc) is 2.15. The van der Waals surface area contributed by atoms with E-state index in [1.807, 2.05) is 19.6 Å². The average molecular weight is 268 g/mol. The van der Waals surface area contributed by atoms with Crippen molar-refractivity contribution in [1.82, 2.24) is 0 Å². The van der Waals surface area contributed by atoms with Crippen LogP contribution in [0.1, 0.15) is 0 Å². The lowest BCUT2D eigenvalue weighted by Crippen LogP contribution is -2.51. The predicted octanol–water partition coefficient (Wildman–Crippen LogP) is 0.272. The van der Waals surface area contributed by atoms with Gasteiger partial charge < -0.3 is 23.9 Å². The summed E-state index contributed by atoms with van der Waals surface area (Å²) in [5.74, 6) is 0. The molecule has 0 bridgehead atoms. The van der Waals surface area contributed by atoms with E-state index in [-0.39, 0.29) is 13.2 Å². The monoisotopic (exact) mass is 268 g/mol. The molecule has 0 aliphatic carbocycles. The normalized spacial score (nSPS) is 18.2. The van der Waals surface area contributed by atoms with Crippen LogP contribution >= 0.6 is 0 Å². The summed E-state index contributed by atoms with van der Waals surface area (Å²) in [6.45, 7) is 5.78. The van der Waals surface area contributed by atoms with Crippen molar-refractivity contribution in [2.75, 3.05) is 20.3 Å². The molecule has 0 aromatic rings. The zero-order valence-corrected chi connectivity index (χ0v) is 12.6. The SMILES string of the molecule is CO[Si](CCO)(CC(O)CO)O[Si](C)(C)C. The zero-order valence-electron chi connectivity index (χ0n) is 10.6.